The maximum absolute atomic E-state index is 14.5. The van der Waals surface area contributed by atoms with Crippen molar-refractivity contribution in [3.63, 3.8) is 0 Å². The van der Waals surface area contributed by atoms with Crippen molar-refractivity contribution < 1.29 is 24.1 Å². The first-order chi connectivity index (χ1) is 13.9. The second kappa shape index (κ2) is 9.21. The number of hydrogen-bond acceptors (Lipinski definition) is 5. The van der Waals surface area contributed by atoms with Gasteiger partial charge >= 0.3 is 5.97 Å². The number of carbonyl (C=O) groups is 1. The number of rotatable bonds is 7. The Morgan fingerprint density at radius 2 is 2.31 bits per heavy atom. The average Bonchev–Trinajstić information content (AvgIpc) is 2.72. The molecule has 0 aliphatic carbocycles. The van der Waals surface area contributed by atoms with Gasteiger partial charge in [-0.05, 0) is 49.9 Å². The number of halogens is 1. The van der Waals surface area contributed by atoms with Gasteiger partial charge in [-0.1, -0.05) is 5.92 Å². The van der Waals surface area contributed by atoms with Gasteiger partial charge in [0.1, 0.15) is 11.6 Å². The van der Waals surface area contributed by atoms with Crippen molar-refractivity contribution in [2.24, 2.45) is 11.8 Å². The van der Waals surface area contributed by atoms with Crippen LogP contribution in [0.3, 0.4) is 0 Å². The van der Waals surface area contributed by atoms with Gasteiger partial charge in [-0.15, -0.1) is 6.42 Å². The van der Waals surface area contributed by atoms with Crippen LogP contribution in [0.4, 0.5) is 4.39 Å². The van der Waals surface area contributed by atoms with Gasteiger partial charge in [0.05, 0.1) is 37.4 Å². The summed E-state index contributed by atoms with van der Waals surface area (Å²) in [6.45, 7) is 1.54. The van der Waals surface area contributed by atoms with Gasteiger partial charge in [0.25, 0.3) is 0 Å². The second-order valence-electron chi connectivity index (χ2n) is 7.43. The molecule has 7 heteroatoms. The molecule has 2 unspecified atom stereocenters. The number of benzene rings is 1. The molecular weight excluding hydrogens is 375 g/mol. The third-order valence-electron chi connectivity index (χ3n) is 5.68. The highest BCUT2D eigenvalue weighted by Crippen LogP contribution is 2.34. The molecule has 1 aromatic heterocycles. The zero-order valence-corrected chi connectivity index (χ0v) is 16.3. The molecule has 0 spiro atoms. The van der Waals surface area contributed by atoms with E-state index in [-0.39, 0.29) is 17.9 Å². The van der Waals surface area contributed by atoms with Crippen molar-refractivity contribution in [1.82, 2.24) is 9.88 Å². The van der Waals surface area contributed by atoms with Crippen LogP contribution in [0.2, 0.25) is 0 Å². The number of ether oxygens (including phenoxy) is 1. The fourth-order valence-corrected chi connectivity index (χ4v) is 4.12. The van der Waals surface area contributed by atoms with Gasteiger partial charge in [0, 0.05) is 17.5 Å². The number of aliphatic carboxylic acids is 1. The molecule has 0 radical (unpaired) electrons. The standard InChI is InChI=1S/C22H25FN2O4/c1-3-9-25-10-8-14(17(13-25)22(27)28)4-7-20(26)21-16-11-15(29-2)5-6-19(16)24-12-18(21)23/h1,5-6,11-12,14,17,20,26H,4,7-10,13H2,2H3,(H,27,28)/t14?,17?,20-/m1/s1. The zero-order chi connectivity index (χ0) is 21.0. The average molecular weight is 400 g/mol. The predicted molar refractivity (Wildman–Crippen MR) is 107 cm³/mol. The molecule has 0 bridgehead atoms. The number of nitrogens with zero attached hydrogens (tertiary/aromatic N) is 2. The van der Waals surface area contributed by atoms with Crippen LogP contribution in [0.25, 0.3) is 10.9 Å². The van der Waals surface area contributed by atoms with Gasteiger partial charge in [-0.3, -0.25) is 14.7 Å². The topological polar surface area (TPSA) is 82.9 Å². The maximum Gasteiger partial charge on any atom is 0.308 e. The minimum atomic E-state index is -1.06. The van der Waals surface area contributed by atoms with E-state index >= 15 is 0 Å². The lowest BCUT2D eigenvalue weighted by atomic mass is 9.81. The summed E-state index contributed by atoms with van der Waals surface area (Å²) < 4.78 is 19.7. The Morgan fingerprint density at radius 3 is 3.00 bits per heavy atom. The molecule has 1 fully saturated rings. The molecule has 2 aromatic rings. The highest BCUT2D eigenvalue weighted by molar-refractivity contribution is 5.84. The molecule has 29 heavy (non-hydrogen) atoms. The SMILES string of the molecule is C#CCN1CCC(CC[C@@H](O)c2c(F)cnc3ccc(OC)cc23)C(C(=O)O)C1. The van der Waals surface area contributed by atoms with E-state index in [0.717, 1.165) is 12.7 Å². The highest BCUT2D eigenvalue weighted by Gasteiger charge is 2.34. The molecule has 0 saturated carbocycles. The summed E-state index contributed by atoms with van der Waals surface area (Å²) in [6.07, 6.45) is 6.80. The van der Waals surface area contributed by atoms with Gasteiger partial charge in [-0.2, -0.15) is 0 Å². The number of aliphatic hydroxyl groups is 1. The van der Waals surface area contributed by atoms with Crippen LogP contribution in [-0.4, -0.2) is 52.8 Å². The Morgan fingerprint density at radius 1 is 1.52 bits per heavy atom. The summed E-state index contributed by atoms with van der Waals surface area (Å²) >= 11 is 0. The van der Waals surface area contributed by atoms with Crippen LogP contribution in [0.5, 0.6) is 5.75 Å². The molecule has 0 amide bonds. The Hall–Kier alpha value is -2.69. The van der Waals surface area contributed by atoms with Gasteiger partial charge in [0.2, 0.25) is 0 Å². The lowest BCUT2D eigenvalue weighted by Crippen LogP contribution is -2.44. The molecule has 2 heterocycles. The number of aliphatic hydroxyl groups excluding tert-OH is 1. The van der Waals surface area contributed by atoms with E-state index in [9.17, 15) is 19.4 Å². The van der Waals surface area contributed by atoms with Crippen LogP contribution in [0.15, 0.2) is 24.4 Å². The second-order valence-corrected chi connectivity index (χ2v) is 7.43. The number of aromatic nitrogens is 1. The summed E-state index contributed by atoms with van der Waals surface area (Å²) in [6, 6.07) is 5.10. The number of pyridine rings is 1. The van der Waals surface area contributed by atoms with E-state index < -0.39 is 23.8 Å². The first kappa shape index (κ1) is 21.0. The lowest BCUT2D eigenvalue weighted by molar-refractivity contribution is -0.146. The fraction of sp³-hybridized carbons (Fsp3) is 0.455. The number of hydrogen-bond donors (Lipinski definition) is 2. The number of methoxy groups -OCH3 is 1. The molecular formula is C22H25FN2O4. The first-order valence-corrected chi connectivity index (χ1v) is 9.63. The molecule has 1 saturated heterocycles. The van der Waals surface area contributed by atoms with E-state index in [2.05, 4.69) is 10.9 Å². The van der Waals surface area contributed by atoms with Crippen LogP contribution < -0.4 is 4.74 Å². The molecule has 3 atom stereocenters. The van der Waals surface area contributed by atoms with Gasteiger partial charge < -0.3 is 14.9 Å². The fourth-order valence-electron chi connectivity index (χ4n) is 4.12. The number of carboxylic acid groups (broad SMARTS) is 1. The number of piperidine rings is 1. The van der Waals surface area contributed by atoms with Crippen molar-refractivity contribution in [1.29, 1.82) is 0 Å². The molecule has 3 rings (SSSR count). The third-order valence-corrected chi connectivity index (χ3v) is 5.68. The Labute approximate surface area is 169 Å². The molecule has 1 aromatic carbocycles. The highest BCUT2D eigenvalue weighted by atomic mass is 19.1. The van der Waals surface area contributed by atoms with Gasteiger partial charge in [-0.25, -0.2) is 4.39 Å². The van der Waals surface area contributed by atoms with Crippen molar-refractivity contribution in [3.8, 4) is 18.1 Å². The number of likely N-dealkylation sites (tertiary alicyclic amines) is 1. The summed E-state index contributed by atoms with van der Waals surface area (Å²) in [5.41, 5.74) is 0.734. The predicted octanol–water partition coefficient (Wildman–Crippen LogP) is 2.85. The number of carboxylic acids is 1. The zero-order valence-electron chi connectivity index (χ0n) is 16.3. The molecule has 1 aliphatic rings. The van der Waals surface area contributed by atoms with Crippen molar-refractivity contribution >= 4 is 16.9 Å². The summed E-state index contributed by atoms with van der Waals surface area (Å²) in [7, 11) is 1.52. The third kappa shape index (κ3) is 4.66. The van der Waals surface area contributed by atoms with Crippen LogP contribution in [0, 0.1) is 30.0 Å². The van der Waals surface area contributed by atoms with Crippen molar-refractivity contribution in [2.45, 2.75) is 25.4 Å². The first-order valence-electron chi connectivity index (χ1n) is 9.63. The molecule has 2 N–H and O–H groups in total. The smallest absolute Gasteiger partial charge is 0.308 e. The van der Waals surface area contributed by atoms with E-state index in [1.54, 1.807) is 18.2 Å². The number of fused-ring (bicyclic) bond motifs is 1. The Bertz CT molecular complexity index is 927. The van der Waals surface area contributed by atoms with Gasteiger partial charge in [0.15, 0.2) is 0 Å². The normalized spacial score (nSPS) is 20.9. The monoisotopic (exact) mass is 400 g/mol. The van der Waals surface area contributed by atoms with Crippen LogP contribution in [0.1, 0.15) is 30.9 Å². The molecule has 154 valence electrons. The Balaban J connectivity index is 1.77. The minimum absolute atomic E-state index is 0.0955. The van der Waals surface area contributed by atoms with E-state index in [1.165, 1.54) is 7.11 Å². The maximum atomic E-state index is 14.5. The summed E-state index contributed by atoms with van der Waals surface area (Å²) in [5, 5.41) is 20.9. The summed E-state index contributed by atoms with van der Waals surface area (Å²) in [5.74, 6) is 0.999. The van der Waals surface area contributed by atoms with Crippen molar-refractivity contribution in [3.05, 3.63) is 35.8 Å². The minimum Gasteiger partial charge on any atom is -0.497 e. The van der Waals surface area contributed by atoms with Crippen LogP contribution >= 0.6 is 0 Å². The quantitative estimate of drug-likeness (QED) is 0.696. The van der Waals surface area contributed by atoms with Crippen LogP contribution in [-0.2, 0) is 4.79 Å². The Kier molecular flexibility index (Phi) is 6.68. The largest absolute Gasteiger partial charge is 0.497 e. The summed E-state index contributed by atoms with van der Waals surface area (Å²) in [4.78, 5) is 17.7. The lowest BCUT2D eigenvalue weighted by Gasteiger charge is -2.36. The van der Waals surface area contributed by atoms with E-state index in [4.69, 9.17) is 11.2 Å². The number of terminal acetylenes is 1. The van der Waals surface area contributed by atoms with E-state index in [0.29, 0.717) is 42.6 Å². The van der Waals surface area contributed by atoms with E-state index in [1.807, 2.05) is 4.90 Å². The van der Waals surface area contributed by atoms with Crippen molar-refractivity contribution in [2.75, 3.05) is 26.7 Å². The molecule has 6 nitrogen and oxygen atoms in total. The molecule has 1 aliphatic heterocycles.